The minimum Gasteiger partial charge on any atom is -0.493 e. The molecule has 2 aromatic carbocycles. The molecule has 1 aliphatic rings. The van der Waals surface area contributed by atoms with Crippen LogP contribution in [0.1, 0.15) is 35.7 Å². The van der Waals surface area contributed by atoms with Crippen molar-refractivity contribution in [2.24, 2.45) is 0 Å². The molecule has 4 rings (SSSR count). The highest BCUT2D eigenvalue weighted by Gasteiger charge is 2.19. The summed E-state index contributed by atoms with van der Waals surface area (Å²) in [5.74, 6) is 0.0551. The van der Waals surface area contributed by atoms with Gasteiger partial charge in [-0.25, -0.2) is 9.18 Å². The van der Waals surface area contributed by atoms with Gasteiger partial charge in [-0.2, -0.15) is 0 Å². The number of aryl methyl sites for hydroxylation is 1. The number of nitrogens with zero attached hydrogens (tertiary/aromatic N) is 2. The molecule has 33 heavy (non-hydrogen) atoms. The van der Waals surface area contributed by atoms with Gasteiger partial charge in [0.05, 0.1) is 6.61 Å². The van der Waals surface area contributed by atoms with Crippen LogP contribution < -0.4 is 15.3 Å². The Labute approximate surface area is 192 Å². The summed E-state index contributed by atoms with van der Waals surface area (Å²) in [7, 11) is 0. The number of benzene rings is 2. The second-order valence-electron chi connectivity index (χ2n) is 8.48. The predicted molar refractivity (Wildman–Crippen MR) is 127 cm³/mol. The molecule has 1 aromatic heterocycles. The van der Waals surface area contributed by atoms with E-state index in [2.05, 4.69) is 9.80 Å². The maximum Gasteiger partial charge on any atom is 0.336 e. The number of ether oxygens (including phenoxy) is 1. The number of hydrogen-bond donors (Lipinski definition) is 0. The second-order valence-corrected chi connectivity index (χ2v) is 8.48. The topological polar surface area (TPSA) is 63.0 Å². The normalized spacial score (nSPS) is 14.6. The number of rotatable bonds is 8. The van der Waals surface area contributed by atoms with E-state index in [1.807, 2.05) is 19.1 Å². The molecule has 1 saturated heterocycles. The zero-order chi connectivity index (χ0) is 23.4. The molecule has 2 heterocycles. The smallest absolute Gasteiger partial charge is 0.336 e. The zero-order valence-corrected chi connectivity index (χ0v) is 19.1. The summed E-state index contributed by atoms with van der Waals surface area (Å²) >= 11 is 0. The van der Waals surface area contributed by atoms with Crippen molar-refractivity contribution in [2.45, 2.75) is 26.7 Å². The summed E-state index contributed by atoms with van der Waals surface area (Å²) in [4.78, 5) is 28.7. The lowest BCUT2D eigenvalue weighted by atomic mass is 10.0. The number of halogens is 1. The number of fused-ring (bicyclic) bond motifs is 1. The molecule has 7 heteroatoms. The lowest BCUT2D eigenvalue weighted by molar-refractivity contribution is 0.101. The average molecular weight is 453 g/mol. The Morgan fingerprint density at radius 3 is 2.61 bits per heavy atom. The first kappa shape index (κ1) is 23.0. The van der Waals surface area contributed by atoms with Crippen molar-refractivity contribution in [3.8, 4) is 5.75 Å². The molecular formula is C26H29FN2O4. The molecule has 0 saturated carbocycles. The molecule has 1 aliphatic heterocycles. The molecule has 0 spiro atoms. The Hall–Kier alpha value is -3.19. The van der Waals surface area contributed by atoms with Gasteiger partial charge in [0.1, 0.15) is 17.1 Å². The fraction of sp³-hybridized carbons (Fsp3) is 0.385. The third kappa shape index (κ3) is 5.42. The van der Waals surface area contributed by atoms with E-state index in [0.717, 1.165) is 62.2 Å². The molecule has 1 fully saturated rings. The lowest BCUT2D eigenvalue weighted by Gasteiger charge is -2.36. The van der Waals surface area contributed by atoms with Crippen LogP contribution in [0.5, 0.6) is 5.75 Å². The van der Waals surface area contributed by atoms with E-state index < -0.39 is 5.63 Å². The van der Waals surface area contributed by atoms with E-state index in [0.29, 0.717) is 23.5 Å². The molecule has 0 N–H and O–H groups in total. The van der Waals surface area contributed by atoms with Crippen molar-refractivity contribution in [1.82, 2.24) is 4.90 Å². The van der Waals surface area contributed by atoms with Gasteiger partial charge in [-0.15, -0.1) is 0 Å². The molecular weight excluding hydrogens is 423 g/mol. The van der Waals surface area contributed by atoms with Gasteiger partial charge < -0.3 is 14.1 Å². The minimum atomic E-state index is -0.475. The van der Waals surface area contributed by atoms with Gasteiger partial charge in [0, 0.05) is 43.3 Å². The van der Waals surface area contributed by atoms with Crippen LogP contribution in [-0.2, 0) is 0 Å². The first-order chi connectivity index (χ1) is 15.9. The highest BCUT2D eigenvalue weighted by atomic mass is 19.1. The van der Waals surface area contributed by atoms with E-state index in [1.165, 1.54) is 19.1 Å². The van der Waals surface area contributed by atoms with E-state index >= 15 is 0 Å². The SMILES string of the molecule is CC(=O)c1c(OCCCCN2CCN(c3cccc(F)c3)CC2)ccc2c(C)cc(=O)oc12. The lowest BCUT2D eigenvalue weighted by Crippen LogP contribution is -2.46. The van der Waals surface area contributed by atoms with Crippen LogP contribution >= 0.6 is 0 Å². The average Bonchev–Trinajstić information content (AvgIpc) is 2.78. The Morgan fingerprint density at radius 1 is 1.09 bits per heavy atom. The zero-order valence-electron chi connectivity index (χ0n) is 19.1. The van der Waals surface area contributed by atoms with Crippen LogP contribution in [0.25, 0.3) is 11.0 Å². The monoisotopic (exact) mass is 452 g/mol. The summed E-state index contributed by atoms with van der Waals surface area (Å²) in [6.45, 7) is 8.35. The molecule has 6 nitrogen and oxygen atoms in total. The Balaban J connectivity index is 1.27. The first-order valence-corrected chi connectivity index (χ1v) is 11.4. The van der Waals surface area contributed by atoms with Crippen molar-refractivity contribution in [2.75, 3.05) is 44.2 Å². The number of Topliss-reactive ketones (excluding diaryl/α,β-unsaturated/α-hetero) is 1. The second kappa shape index (κ2) is 10.2. The van der Waals surface area contributed by atoms with E-state index in [1.54, 1.807) is 18.2 Å². The van der Waals surface area contributed by atoms with Crippen LogP contribution in [0.15, 0.2) is 51.7 Å². The molecule has 0 amide bonds. The van der Waals surface area contributed by atoms with Crippen molar-refractivity contribution in [3.63, 3.8) is 0 Å². The first-order valence-electron chi connectivity index (χ1n) is 11.4. The van der Waals surface area contributed by atoms with Crippen LogP contribution in [0.2, 0.25) is 0 Å². The summed E-state index contributed by atoms with van der Waals surface area (Å²) in [6.07, 6.45) is 1.81. The maximum atomic E-state index is 13.5. The molecule has 0 unspecified atom stereocenters. The summed E-state index contributed by atoms with van der Waals surface area (Å²) < 4.78 is 24.7. The summed E-state index contributed by atoms with van der Waals surface area (Å²) in [6, 6.07) is 11.8. The van der Waals surface area contributed by atoms with E-state index in [9.17, 15) is 14.0 Å². The number of carbonyl (C=O) groups excluding carboxylic acids is 1. The van der Waals surface area contributed by atoms with E-state index in [-0.39, 0.29) is 11.6 Å². The Kier molecular flexibility index (Phi) is 7.08. The molecule has 0 bridgehead atoms. The molecule has 0 radical (unpaired) electrons. The number of piperazine rings is 1. The van der Waals surface area contributed by atoms with Crippen molar-refractivity contribution < 1.29 is 18.3 Å². The van der Waals surface area contributed by atoms with Crippen LogP contribution in [0, 0.1) is 12.7 Å². The number of anilines is 1. The molecule has 0 atom stereocenters. The summed E-state index contributed by atoms with van der Waals surface area (Å²) in [5, 5.41) is 0.740. The molecule has 0 aliphatic carbocycles. The predicted octanol–water partition coefficient (Wildman–Crippen LogP) is 4.42. The largest absolute Gasteiger partial charge is 0.493 e. The van der Waals surface area contributed by atoms with Gasteiger partial charge in [0.25, 0.3) is 0 Å². The Morgan fingerprint density at radius 2 is 1.88 bits per heavy atom. The van der Waals surface area contributed by atoms with Gasteiger partial charge in [-0.05, 0) is 69.1 Å². The maximum absolute atomic E-state index is 13.5. The standard InChI is InChI=1S/C26H29FN2O4/c1-18-16-24(31)33-26-22(18)8-9-23(25(26)19(2)30)32-15-4-3-10-28-11-13-29(14-12-28)21-7-5-6-20(27)17-21/h5-9,16-17H,3-4,10-15H2,1-2H3. The molecule has 3 aromatic rings. The Bertz CT molecular complexity index is 1200. The van der Waals surface area contributed by atoms with Gasteiger partial charge in [-0.3, -0.25) is 9.69 Å². The number of hydrogen-bond acceptors (Lipinski definition) is 6. The number of ketones is 1. The quantitative estimate of drug-likeness (QED) is 0.286. The highest BCUT2D eigenvalue weighted by Crippen LogP contribution is 2.29. The van der Waals surface area contributed by atoms with Crippen LogP contribution in [-0.4, -0.2) is 50.0 Å². The van der Waals surface area contributed by atoms with Crippen molar-refractivity contribution >= 4 is 22.4 Å². The van der Waals surface area contributed by atoms with Crippen molar-refractivity contribution in [1.29, 1.82) is 0 Å². The van der Waals surface area contributed by atoms with Crippen molar-refractivity contribution in [3.05, 3.63) is 69.8 Å². The van der Waals surface area contributed by atoms with E-state index in [4.69, 9.17) is 9.15 Å². The van der Waals surface area contributed by atoms with Crippen LogP contribution in [0.4, 0.5) is 10.1 Å². The fourth-order valence-electron chi connectivity index (χ4n) is 4.34. The third-order valence-electron chi connectivity index (χ3n) is 6.11. The van der Waals surface area contributed by atoms with Gasteiger partial charge in [-0.1, -0.05) is 6.07 Å². The van der Waals surface area contributed by atoms with Gasteiger partial charge >= 0.3 is 5.63 Å². The molecule has 174 valence electrons. The number of unbranched alkanes of at least 4 members (excludes halogenated alkanes) is 1. The minimum absolute atomic E-state index is 0.194. The van der Waals surface area contributed by atoms with Gasteiger partial charge in [0.15, 0.2) is 11.4 Å². The fourth-order valence-corrected chi connectivity index (χ4v) is 4.34. The highest BCUT2D eigenvalue weighted by molar-refractivity contribution is 6.07. The third-order valence-corrected chi connectivity index (χ3v) is 6.11. The summed E-state index contributed by atoms with van der Waals surface area (Å²) in [5.41, 5.74) is 1.85. The van der Waals surface area contributed by atoms with Gasteiger partial charge in [0.2, 0.25) is 0 Å². The van der Waals surface area contributed by atoms with Crippen LogP contribution in [0.3, 0.4) is 0 Å². The number of carbonyl (C=O) groups is 1.